The molecule has 3 heteroatoms. The maximum absolute atomic E-state index is 5.58. The van der Waals surface area contributed by atoms with Crippen molar-refractivity contribution >= 4 is 11.8 Å². The summed E-state index contributed by atoms with van der Waals surface area (Å²) in [5, 5.41) is 0. The van der Waals surface area contributed by atoms with E-state index in [-0.39, 0.29) is 0 Å². The van der Waals surface area contributed by atoms with Crippen LogP contribution in [0.1, 0.15) is 18.9 Å². The van der Waals surface area contributed by atoms with Gasteiger partial charge in [-0.25, -0.2) is 0 Å². The minimum absolute atomic E-state index is 0.612. The SMILES string of the molecule is CCCOCCSc1cccc(CN)c1. The minimum Gasteiger partial charge on any atom is -0.381 e. The second-order valence-electron chi connectivity index (χ2n) is 3.31. The molecule has 0 saturated carbocycles. The molecule has 0 radical (unpaired) electrons. The topological polar surface area (TPSA) is 35.2 Å². The number of hydrogen-bond donors (Lipinski definition) is 1. The van der Waals surface area contributed by atoms with E-state index in [9.17, 15) is 0 Å². The van der Waals surface area contributed by atoms with Crippen LogP contribution in [0.2, 0.25) is 0 Å². The molecule has 0 atom stereocenters. The highest BCUT2D eigenvalue weighted by Gasteiger charge is 1.95. The average Bonchev–Trinajstić information content (AvgIpc) is 2.29. The molecule has 0 aliphatic carbocycles. The number of benzene rings is 1. The molecule has 0 aliphatic rings. The van der Waals surface area contributed by atoms with Crippen LogP contribution in [-0.2, 0) is 11.3 Å². The molecule has 1 aromatic rings. The summed E-state index contributed by atoms with van der Waals surface area (Å²) in [6.07, 6.45) is 1.09. The van der Waals surface area contributed by atoms with Crippen LogP contribution >= 0.6 is 11.8 Å². The molecule has 0 bridgehead atoms. The number of rotatable bonds is 7. The van der Waals surface area contributed by atoms with Crippen molar-refractivity contribution in [1.29, 1.82) is 0 Å². The molecular formula is C12H19NOS. The van der Waals surface area contributed by atoms with E-state index in [0.717, 1.165) is 25.4 Å². The van der Waals surface area contributed by atoms with Crippen molar-refractivity contribution in [2.24, 2.45) is 5.73 Å². The Morgan fingerprint density at radius 2 is 2.20 bits per heavy atom. The fourth-order valence-electron chi connectivity index (χ4n) is 1.23. The highest BCUT2D eigenvalue weighted by atomic mass is 32.2. The second-order valence-corrected chi connectivity index (χ2v) is 4.48. The fourth-order valence-corrected chi connectivity index (χ4v) is 2.07. The van der Waals surface area contributed by atoms with Crippen LogP contribution in [0.5, 0.6) is 0 Å². The number of hydrogen-bond acceptors (Lipinski definition) is 3. The third kappa shape index (κ3) is 5.21. The smallest absolute Gasteiger partial charge is 0.0560 e. The van der Waals surface area contributed by atoms with Crippen molar-refractivity contribution < 1.29 is 4.74 Å². The van der Waals surface area contributed by atoms with Gasteiger partial charge < -0.3 is 10.5 Å². The van der Waals surface area contributed by atoms with Crippen molar-refractivity contribution in [2.75, 3.05) is 19.0 Å². The van der Waals surface area contributed by atoms with Crippen LogP contribution in [0, 0.1) is 0 Å². The van der Waals surface area contributed by atoms with E-state index < -0.39 is 0 Å². The zero-order valence-electron chi connectivity index (χ0n) is 9.24. The Bertz CT molecular complexity index is 278. The van der Waals surface area contributed by atoms with E-state index in [1.54, 1.807) is 0 Å². The largest absolute Gasteiger partial charge is 0.381 e. The van der Waals surface area contributed by atoms with Gasteiger partial charge in [-0.15, -0.1) is 11.8 Å². The van der Waals surface area contributed by atoms with Gasteiger partial charge in [0.25, 0.3) is 0 Å². The number of nitrogens with two attached hydrogens (primary N) is 1. The molecule has 2 N–H and O–H groups in total. The molecule has 0 amide bonds. The van der Waals surface area contributed by atoms with E-state index in [4.69, 9.17) is 10.5 Å². The summed E-state index contributed by atoms with van der Waals surface area (Å²) < 4.78 is 5.42. The molecule has 0 heterocycles. The highest BCUT2D eigenvalue weighted by Crippen LogP contribution is 2.18. The highest BCUT2D eigenvalue weighted by molar-refractivity contribution is 7.99. The normalized spacial score (nSPS) is 10.5. The Kier molecular flexibility index (Phi) is 6.48. The molecule has 1 aromatic carbocycles. The molecule has 2 nitrogen and oxygen atoms in total. The van der Waals surface area contributed by atoms with Crippen LogP contribution in [0.15, 0.2) is 29.2 Å². The molecule has 0 fully saturated rings. The minimum atomic E-state index is 0.612. The Morgan fingerprint density at radius 1 is 1.33 bits per heavy atom. The quantitative estimate of drug-likeness (QED) is 0.572. The van der Waals surface area contributed by atoms with E-state index >= 15 is 0 Å². The summed E-state index contributed by atoms with van der Waals surface area (Å²) in [7, 11) is 0. The molecule has 0 aliphatic heterocycles. The fraction of sp³-hybridized carbons (Fsp3) is 0.500. The number of thioether (sulfide) groups is 1. The first-order valence-electron chi connectivity index (χ1n) is 5.36. The lowest BCUT2D eigenvalue weighted by Gasteiger charge is -2.04. The standard InChI is InChI=1S/C12H19NOS/c1-2-6-14-7-8-15-12-5-3-4-11(9-12)10-13/h3-5,9H,2,6-8,10,13H2,1H3. The van der Waals surface area contributed by atoms with Crippen LogP contribution in [0.3, 0.4) is 0 Å². The monoisotopic (exact) mass is 225 g/mol. The summed E-state index contributed by atoms with van der Waals surface area (Å²) in [5.41, 5.74) is 6.77. The maximum atomic E-state index is 5.58. The van der Waals surface area contributed by atoms with Gasteiger partial charge in [0.1, 0.15) is 0 Å². The lowest BCUT2D eigenvalue weighted by Crippen LogP contribution is -1.98. The van der Waals surface area contributed by atoms with E-state index in [0.29, 0.717) is 6.54 Å². The van der Waals surface area contributed by atoms with Gasteiger partial charge >= 0.3 is 0 Å². The number of ether oxygens (including phenoxy) is 1. The van der Waals surface area contributed by atoms with Gasteiger partial charge in [-0.1, -0.05) is 19.1 Å². The molecule has 1 rings (SSSR count). The lowest BCUT2D eigenvalue weighted by molar-refractivity contribution is 0.151. The van der Waals surface area contributed by atoms with Gasteiger partial charge in [0.05, 0.1) is 6.61 Å². The third-order valence-electron chi connectivity index (χ3n) is 1.98. The molecule has 0 spiro atoms. The molecule has 0 saturated heterocycles. The van der Waals surface area contributed by atoms with Crippen molar-refractivity contribution in [2.45, 2.75) is 24.8 Å². The summed E-state index contributed by atoms with van der Waals surface area (Å²) >= 11 is 1.82. The van der Waals surface area contributed by atoms with Gasteiger partial charge in [-0.05, 0) is 24.1 Å². The van der Waals surface area contributed by atoms with Crippen molar-refractivity contribution in [3.63, 3.8) is 0 Å². The zero-order chi connectivity index (χ0) is 10.9. The predicted octanol–water partition coefficient (Wildman–Crippen LogP) is 2.66. The van der Waals surface area contributed by atoms with E-state index in [2.05, 4.69) is 31.2 Å². The van der Waals surface area contributed by atoms with Crippen LogP contribution in [0.25, 0.3) is 0 Å². The van der Waals surface area contributed by atoms with E-state index in [1.165, 1.54) is 10.5 Å². The first-order chi connectivity index (χ1) is 7.36. The second kappa shape index (κ2) is 7.74. The van der Waals surface area contributed by atoms with Gasteiger partial charge in [-0.2, -0.15) is 0 Å². The van der Waals surface area contributed by atoms with Crippen LogP contribution < -0.4 is 5.73 Å². The van der Waals surface area contributed by atoms with Gasteiger partial charge in [0.2, 0.25) is 0 Å². The molecule has 15 heavy (non-hydrogen) atoms. The van der Waals surface area contributed by atoms with Crippen molar-refractivity contribution in [1.82, 2.24) is 0 Å². The van der Waals surface area contributed by atoms with Crippen molar-refractivity contribution in [3.05, 3.63) is 29.8 Å². The molecular weight excluding hydrogens is 206 g/mol. The van der Waals surface area contributed by atoms with E-state index in [1.807, 2.05) is 11.8 Å². The Balaban J connectivity index is 2.24. The van der Waals surface area contributed by atoms with Gasteiger partial charge in [0, 0.05) is 23.8 Å². The molecule has 0 unspecified atom stereocenters. The van der Waals surface area contributed by atoms with Gasteiger partial charge in [-0.3, -0.25) is 0 Å². The Morgan fingerprint density at radius 3 is 2.93 bits per heavy atom. The predicted molar refractivity (Wildman–Crippen MR) is 66.2 cm³/mol. The Hall–Kier alpha value is -0.510. The molecule has 0 aromatic heterocycles. The van der Waals surface area contributed by atoms with Gasteiger partial charge in [0.15, 0.2) is 0 Å². The Labute approximate surface area is 96.2 Å². The average molecular weight is 225 g/mol. The summed E-state index contributed by atoms with van der Waals surface area (Å²) in [6.45, 7) is 4.42. The zero-order valence-corrected chi connectivity index (χ0v) is 10.1. The van der Waals surface area contributed by atoms with Crippen molar-refractivity contribution in [3.8, 4) is 0 Å². The maximum Gasteiger partial charge on any atom is 0.0560 e. The summed E-state index contributed by atoms with van der Waals surface area (Å²) in [5.74, 6) is 1.01. The first kappa shape index (κ1) is 12.6. The summed E-state index contributed by atoms with van der Waals surface area (Å²) in [6, 6.07) is 8.36. The first-order valence-corrected chi connectivity index (χ1v) is 6.35. The summed E-state index contributed by atoms with van der Waals surface area (Å²) in [4.78, 5) is 1.28. The third-order valence-corrected chi connectivity index (χ3v) is 2.94. The molecule has 84 valence electrons. The van der Waals surface area contributed by atoms with Crippen LogP contribution in [0.4, 0.5) is 0 Å². The lowest BCUT2D eigenvalue weighted by atomic mass is 10.2. The van der Waals surface area contributed by atoms with Crippen LogP contribution in [-0.4, -0.2) is 19.0 Å².